The van der Waals surface area contributed by atoms with Gasteiger partial charge in [0.1, 0.15) is 6.10 Å². The Morgan fingerprint density at radius 1 is 1.59 bits per heavy atom. The second kappa shape index (κ2) is 7.55. The normalized spacial score (nSPS) is 28.5. The molecule has 3 atom stereocenters. The Kier molecular flexibility index (Phi) is 5.46. The Morgan fingerprint density at radius 3 is 3.27 bits per heavy atom. The summed E-state index contributed by atoms with van der Waals surface area (Å²) in [6.45, 7) is 4.11. The highest BCUT2D eigenvalue weighted by atomic mass is 32.1. The van der Waals surface area contributed by atoms with E-state index in [1.165, 1.54) is 5.56 Å². The van der Waals surface area contributed by atoms with Crippen molar-refractivity contribution in [2.75, 3.05) is 33.4 Å². The molecule has 3 heterocycles. The van der Waals surface area contributed by atoms with Crippen LogP contribution in [-0.4, -0.2) is 56.4 Å². The molecule has 1 N–H and O–H groups in total. The van der Waals surface area contributed by atoms with Crippen molar-refractivity contribution in [3.05, 3.63) is 22.4 Å². The van der Waals surface area contributed by atoms with E-state index in [1.807, 2.05) is 0 Å². The van der Waals surface area contributed by atoms with Crippen molar-refractivity contribution in [2.45, 2.75) is 31.6 Å². The third kappa shape index (κ3) is 3.87. The molecule has 2 saturated heterocycles. The third-order valence-corrected chi connectivity index (χ3v) is 5.25. The highest BCUT2D eigenvalue weighted by molar-refractivity contribution is 7.07. The molecule has 0 unspecified atom stereocenters. The van der Waals surface area contributed by atoms with Crippen molar-refractivity contribution in [1.82, 2.24) is 10.2 Å². The second-order valence-electron chi connectivity index (χ2n) is 6.10. The monoisotopic (exact) mass is 324 g/mol. The summed E-state index contributed by atoms with van der Waals surface area (Å²) in [5, 5.41) is 7.20. The summed E-state index contributed by atoms with van der Waals surface area (Å²) in [5.41, 5.74) is 1.37. The molecule has 1 amide bonds. The Bertz CT molecular complexity index is 480. The van der Waals surface area contributed by atoms with Gasteiger partial charge in [0.25, 0.3) is 0 Å². The van der Waals surface area contributed by atoms with E-state index in [2.05, 4.69) is 27.0 Å². The SMILES string of the molecule is COCCNC(=O)[C@@H]1C[C@H]2CCN(Cc3ccsc3)C[C@@H]2O1. The number of ether oxygens (including phenoxy) is 2. The third-order valence-electron chi connectivity index (χ3n) is 4.52. The Hall–Kier alpha value is -0.950. The van der Waals surface area contributed by atoms with E-state index in [1.54, 1.807) is 18.4 Å². The summed E-state index contributed by atoms with van der Waals surface area (Å²) in [6.07, 6.45) is 1.89. The highest BCUT2D eigenvalue weighted by Crippen LogP contribution is 2.33. The van der Waals surface area contributed by atoms with Crippen LogP contribution in [-0.2, 0) is 20.8 Å². The van der Waals surface area contributed by atoms with Crippen LogP contribution in [0.3, 0.4) is 0 Å². The Morgan fingerprint density at radius 2 is 2.50 bits per heavy atom. The van der Waals surface area contributed by atoms with E-state index in [4.69, 9.17) is 9.47 Å². The van der Waals surface area contributed by atoms with Crippen LogP contribution >= 0.6 is 11.3 Å². The van der Waals surface area contributed by atoms with Crippen LogP contribution in [0.1, 0.15) is 18.4 Å². The van der Waals surface area contributed by atoms with E-state index < -0.39 is 0 Å². The number of nitrogens with zero attached hydrogens (tertiary/aromatic N) is 1. The lowest BCUT2D eigenvalue weighted by molar-refractivity contribution is -0.133. The first kappa shape index (κ1) is 15.9. The summed E-state index contributed by atoms with van der Waals surface area (Å²) in [5.74, 6) is 0.535. The number of methoxy groups -OCH3 is 1. The number of carbonyl (C=O) groups is 1. The lowest BCUT2D eigenvalue weighted by atomic mass is 9.91. The van der Waals surface area contributed by atoms with Crippen molar-refractivity contribution in [3.8, 4) is 0 Å². The predicted molar refractivity (Wildman–Crippen MR) is 85.9 cm³/mol. The molecule has 2 fully saturated rings. The smallest absolute Gasteiger partial charge is 0.249 e. The first-order valence-electron chi connectivity index (χ1n) is 7.92. The average molecular weight is 324 g/mol. The maximum Gasteiger partial charge on any atom is 0.249 e. The molecule has 5 nitrogen and oxygen atoms in total. The van der Waals surface area contributed by atoms with Crippen LogP contribution in [0.5, 0.6) is 0 Å². The van der Waals surface area contributed by atoms with Gasteiger partial charge in [0, 0.05) is 26.7 Å². The number of carbonyl (C=O) groups excluding carboxylic acids is 1. The quantitative estimate of drug-likeness (QED) is 0.806. The topological polar surface area (TPSA) is 50.8 Å². The van der Waals surface area contributed by atoms with Gasteiger partial charge in [-0.15, -0.1) is 0 Å². The lowest BCUT2D eigenvalue weighted by Gasteiger charge is -2.33. The summed E-state index contributed by atoms with van der Waals surface area (Å²) in [7, 11) is 1.63. The zero-order chi connectivity index (χ0) is 15.4. The molecule has 0 saturated carbocycles. The van der Waals surface area contributed by atoms with Gasteiger partial charge in [-0.3, -0.25) is 9.69 Å². The standard InChI is InChI=1S/C16H24N2O3S/c1-20-6-4-17-16(19)14-8-13-2-5-18(10-15(13)21-14)9-12-3-7-22-11-12/h3,7,11,13-15H,2,4-6,8-10H2,1H3,(H,17,19)/t13-,14+,15+/m1/s1. The molecule has 0 radical (unpaired) electrons. The van der Waals surface area contributed by atoms with E-state index in [-0.39, 0.29) is 18.1 Å². The van der Waals surface area contributed by atoms with Gasteiger partial charge < -0.3 is 14.8 Å². The zero-order valence-corrected chi connectivity index (χ0v) is 13.8. The van der Waals surface area contributed by atoms with Crippen LogP contribution in [0.2, 0.25) is 0 Å². The van der Waals surface area contributed by atoms with Crippen molar-refractivity contribution in [2.24, 2.45) is 5.92 Å². The number of thiophene rings is 1. The van der Waals surface area contributed by atoms with Crippen molar-refractivity contribution >= 4 is 17.2 Å². The Labute approximate surface area is 135 Å². The minimum absolute atomic E-state index is 0.0100. The maximum atomic E-state index is 12.1. The average Bonchev–Trinajstić information content (AvgIpc) is 3.16. The number of hydrogen-bond donors (Lipinski definition) is 1. The number of amides is 1. The Balaban J connectivity index is 1.47. The molecular weight excluding hydrogens is 300 g/mol. The van der Waals surface area contributed by atoms with E-state index in [0.29, 0.717) is 19.1 Å². The van der Waals surface area contributed by atoms with Crippen molar-refractivity contribution < 1.29 is 14.3 Å². The van der Waals surface area contributed by atoms with Crippen LogP contribution in [0.4, 0.5) is 0 Å². The number of fused-ring (bicyclic) bond motifs is 1. The van der Waals surface area contributed by atoms with Crippen LogP contribution in [0, 0.1) is 5.92 Å². The molecule has 1 aromatic rings. The molecule has 22 heavy (non-hydrogen) atoms. The summed E-state index contributed by atoms with van der Waals surface area (Å²) in [6, 6.07) is 2.18. The minimum Gasteiger partial charge on any atom is -0.383 e. The summed E-state index contributed by atoms with van der Waals surface area (Å²) < 4.78 is 11.0. The van der Waals surface area contributed by atoms with Gasteiger partial charge in [-0.25, -0.2) is 0 Å². The molecule has 0 aromatic carbocycles. The number of hydrogen-bond acceptors (Lipinski definition) is 5. The fourth-order valence-electron chi connectivity index (χ4n) is 3.34. The molecular formula is C16H24N2O3S. The molecule has 6 heteroatoms. The van der Waals surface area contributed by atoms with Gasteiger partial charge in [-0.05, 0) is 47.7 Å². The van der Waals surface area contributed by atoms with Crippen LogP contribution in [0.15, 0.2) is 16.8 Å². The van der Waals surface area contributed by atoms with E-state index in [9.17, 15) is 4.79 Å². The fourth-order valence-corrected chi connectivity index (χ4v) is 4.00. The minimum atomic E-state index is -0.284. The molecule has 2 aliphatic rings. The summed E-state index contributed by atoms with van der Waals surface area (Å²) >= 11 is 1.74. The van der Waals surface area contributed by atoms with Gasteiger partial charge in [0.05, 0.1) is 12.7 Å². The van der Waals surface area contributed by atoms with Gasteiger partial charge in [-0.2, -0.15) is 11.3 Å². The number of piperidine rings is 1. The predicted octanol–water partition coefficient (Wildman–Crippen LogP) is 1.49. The first-order chi connectivity index (χ1) is 10.8. The number of likely N-dealkylation sites (tertiary alicyclic amines) is 1. The molecule has 0 bridgehead atoms. The van der Waals surface area contributed by atoms with Gasteiger partial charge in [0.2, 0.25) is 5.91 Å². The fraction of sp³-hybridized carbons (Fsp3) is 0.688. The van der Waals surface area contributed by atoms with Crippen LogP contribution in [0.25, 0.3) is 0 Å². The molecule has 3 rings (SSSR count). The zero-order valence-electron chi connectivity index (χ0n) is 13.0. The molecule has 1 aromatic heterocycles. The van der Waals surface area contributed by atoms with Crippen molar-refractivity contribution in [3.63, 3.8) is 0 Å². The van der Waals surface area contributed by atoms with E-state index in [0.717, 1.165) is 32.5 Å². The molecule has 0 spiro atoms. The lowest BCUT2D eigenvalue weighted by Crippen LogP contribution is -2.42. The maximum absolute atomic E-state index is 12.1. The first-order valence-corrected chi connectivity index (χ1v) is 8.86. The van der Waals surface area contributed by atoms with Crippen LogP contribution < -0.4 is 5.32 Å². The van der Waals surface area contributed by atoms with Gasteiger partial charge in [-0.1, -0.05) is 0 Å². The largest absolute Gasteiger partial charge is 0.383 e. The number of rotatable bonds is 6. The molecule has 2 aliphatic heterocycles. The van der Waals surface area contributed by atoms with Crippen molar-refractivity contribution in [1.29, 1.82) is 0 Å². The second-order valence-corrected chi connectivity index (χ2v) is 6.88. The van der Waals surface area contributed by atoms with Gasteiger partial charge >= 0.3 is 0 Å². The molecule has 0 aliphatic carbocycles. The summed E-state index contributed by atoms with van der Waals surface area (Å²) in [4.78, 5) is 14.5. The van der Waals surface area contributed by atoms with E-state index >= 15 is 0 Å². The van der Waals surface area contributed by atoms with Gasteiger partial charge in [0.15, 0.2) is 0 Å². The molecule has 122 valence electrons. The highest BCUT2D eigenvalue weighted by Gasteiger charge is 2.41. The number of nitrogens with one attached hydrogen (secondary N) is 1.